The third-order valence-corrected chi connectivity index (χ3v) is 3.99. The molecule has 0 unspecified atom stereocenters. The number of H-pyrrole nitrogens is 1. The van der Waals surface area contributed by atoms with Crippen LogP contribution in [0.25, 0.3) is 11.6 Å². The summed E-state index contributed by atoms with van der Waals surface area (Å²) < 4.78 is 0. The number of hydrogen-bond donors (Lipinski definition) is 2. The molecular formula is C18H21N3O. The second-order valence-corrected chi connectivity index (χ2v) is 6.31. The van der Waals surface area contributed by atoms with Crippen molar-refractivity contribution in [1.29, 1.82) is 0 Å². The van der Waals surface area contributed by atoms with E-state index in [0.717, 1.165) is 17.1 Å². The number of anilines is 1. The number of nitrogens with zero attached hydrogens (tertiary/aromatic N) is 1. The summed E-state index contributed by atoms with van der Waals surface area (Å²) in [6.07, 6.45) is 3.64. The van der Waals surface area contributed by atoms with E-state index in [4.69, 9.17) is 0 Å². The molecule has 0 saturated carbocycles. The molecule has 1 amide bonds. The number of amides is 1. The zero-order chi connectivity index (χ0) is 15.9. The summed E-state index contributed by atoms with van der Waals surface area (Å²) in [4.78, 5) is 20.0. The first-order valence-electron chi connectivity index (χ1n) is 7.68. The first-order chi connectivity index (χ1) is 10.5. The number of aromatic nitrogens is 2. The van der Waals surface area contributed by atoms with Crippen LogP contribution < -0.4 is 5.32 Å². The molecule has 0 saturated heterocycles. The number of nitrogens with one attached hydrogen (secondary N) is 2. The molecule has 4 nitrogen and oxygen atoms in total. The van der Waals surface area contributed by atoms with Crippen molar-refractivity contribution < 1.29 is 4.79 Å². The second-order valence-electron chi connectivity index (χ2n) is 6.31. The summed E-state index contributed by atoms with van der Waals surface area (Å²) in [6, 6.07) is 5.90. The van der Waals surface area contributed by atoms with Gasteiger partial charge in [-0.3, -0.25) is 9.78 Å². The topological polar surface area (TPSA) is 57.8 Å². The zero-order valence-electron chi connectivity index (χ0n) is 13.4. The van der Waals surface area contributed by atoms with Crippen LogP contribution in [0.1, 0.15) is 62.2 Å². The number of pyridine rings is 1. The molecular weight excluding hydrogens is 274 g/mol. The van der Waals surface area contributed by atoms with Gasteiger partial charge < -0.3 is 10.3 Å². The van der Waals surface area contributed by atoms with Crippen LogP contribution in [-0.4, -0.2) is 15.9 Å². The van der Waals surface area contributed by atoms with E-state index in [9.17, 15) is 4.79 Å². The Morgan fingerprint density at radius 3 is 2.64 bits per heavy atom. The SMILES string of the molecule is CC(C)c1cc(C(C)C)c(C=C2C(=O)Nc3cccnc32)[nH]1. The molecule has 22 heavy (non-hydrogen) atoms. The summed E-state index contributed by atoms with van der Waals surface area (Å²) in [5.41, 5.74) is 5.55. The van der Waals surface area contributed by atoms with Crippen molar-refractivity contribution in [3.05, 3.63) is 47.0 Å². The van der Waals surface area contributed by atoms with E-state index in [-0.39, 0.29) is 5.91 Å². The summed E-state index contributed by atoms with van der Waals surface area (Å²) in [6.45, 7) is 8.64. The lowest BCUT2D eigenvalue weighted by molar-refractivity contribution is -0.110. The zero-order valence-corrected chi connectivity index (χ0v) is 13.4. The number of hydrogen-bond acceptors (Lipinski definition) is 2. The predicted octanol–water partition coefficient (Wildman–Crippen LogP) is 4.15. The summed E-state index contributed by atoms with van der Waals surface area (Å²) >= 11 is 0. The maximum Gasteiger partial charge on any atom is 0.258 e. The molecule has 2 N–H and O–H groups in total. The Balaban J connectivity index is 2.11. The van der Waals surface area contributed by atoms with Gasteiger partial charge in [0.25, 0.3) is 5.91 Å². The van der Waals surface area contributed by atoms with Crippen LogP contribution in [0.3, 0.4) is 0 Å². The Labute approximate surface area is 130 Å². The lowest BCUT2D eigenvalue weighted by Crippen LogP contribution is -2.04. The fourth-order valence-electron chi connectivity index (χ4n) is 2.71. The Hall–Kier alpha value is -2.36. The van der Waals surface area contributed by atoms with Crippen LogP contribution in [-0.2, 0) is 4.79 Å². The van der Waals surface area contributed by atoms with Gasteiger partial charge in [-0.1, -0.05) is 27.7 Å². The lowest BCUT2D eigenvalue weighted by Gasteiger charge is -2.04. The number of aromatic amines is 1. The summed E-state index contributed by atoms with van der Waals surface area (Å²) in [5, 5.41) is 2.86. The van der Waals surface area contributed by atoms with Gasteiger partial charge in [0.05, 0.1) is 17.0 Å². The summed E-state index contributed by atoms with van der Waals surface area (Å²) in [5.74, 6) is 0.722. The molecule has 1 aliphatic rings. The molecule has 2 aromatic heterocycles. The maximum atomic E-state index is 12.2. The minimum Gasteiger partial charge on any atom is -0.358 e. The number of rotatable bonds is 3. The molecule has 1 aliphatic heterocycles. The van der Waals surface area contributed by atoms with Gasteiger partial charge in [-0.15, -0.1) is 0 Å². The van der Waals surface area contributed by atoms with Crippen molar-refractivity contribution in [1.82, 2.24) is 9.97 Å². The van der Waals surface area contributed by atoms with E-state index in [0.29, 0.717) is 17.4 Å². The molecule has 0 aromatic carbocycles. The minimum absolute atomic E-state index is 0.0934. The summed E-state index contributed by atoms with van der Waals surface area (Å²) in [7, 11) is 0. The highest BCUT2D eigenvalue weighted by Crippen LogP contribution is 2.33. The van der Waals surface area contributed by atoms with Crippen LogP contribution in [0.15, 0.2) is 24.4 Å². The minimum atomic E-state index is -0.0934. The third kappa shape index (κ3) is 2.45. The van der Waals surface area contributed by atoms with E-state index in [1.54, 1.807) is 6.20 Å². The highest BCUT2D eigenvalue weighted by Gasteiger charge is 2.26. The standard InChI is InChI=1S/C18H21N3O/c1-10(2)12-8-15(11(3)4)20-16(12)9-13-17-14(21-18(13)22)6-5-7-19-17/h5-11,20H,1-4H3,(H,21,22). The molecule has 114 valence electrons. The van der Waals surface area contributed by atoms with Crippen molar-refractivity contribution in [2.24, 2.45) is 0 Å². The van der Waals surface area contributed by atoms with E-state index in [2.05, 4.69) is 49.0 Å². The second kappa shape index (κ2) is 5.44. The quantitative estimate of drug-likeness (QED) is 0.836. The van der Waals surface area contributed by atoms with Crippen LogP contribution >= 0.6 is 0 Å². The van der Waals surface area contributed by atoms with Gasteiger partial charge >= 0.3 is 0 Å². The molecule has 0 bridgehead atoms. The van der Waals surface area contributed by atoms with Gasteiger partial charge in [-0.2, -0.15) is 0 Å². The van der Waals surface area contributed by atoms with Gasteiger partial charge in [0.2, 0.25) is 0 Å². The first-order valence-corrected chi connectivity index (χ1v) is 7.68. The normalized spacial score (nSPS) is 15.7. The fourth-order valence-corrected chi connectivity index (χ4v) is 2.71. The molecule has 0 aliphatic carbocycles. The van der Waals surface area contributed by atoms with Crippen molar-refractivity contribution in [2.75, 3.05) is 5.32 Å². The average Bonchev–Trinajstić information content (AvgIpc) is 3.02. The van der Waals surface area contributed by atoms with Crippen molar-refractivity contribution >= 4 is 23.2 Å². The van der Waals surface area contributed by atoms with Crippen LogP contribution in [0.4, 0.5) is 5.69 Å². The lowest BCUT2D eigenvalue weighted by atomic mass is 10.0. The van der Waals surface area contributed by atoms with Gasteiger partial charge in [-0.25, -0.2) is 0 Å². The number of carbonyl (C=O) groups excluding carboxylic acids is 1. The molecule has 2 aromatic rings. The average molecular weight is 295 g/mol. The Kier molecular flexibility index (Phi) is 3.61. The van der Waals surface area contributed by atoms with Gasteiger partial charge in [0.15, 0.2) is 0 Å². The van der Waals surface area contributed by atoms with Crippen LogP contribution in [0.2, 0.25) is 0 Å². The highest BCUT2D eigenvalue weighted by atomic mass is 16.2. The van der Waals surface area contributed by atoms with Gasteiger partial charge in [0.1, 0.15) is 0 Å². The van der Waals surface area contributed by atoms with E-state index >= 15 is 0 Å². The molecule has 0 atom stereocenters. The fraction of sp³-hybridized carbons (Fsp3) is 0.333. The first kappa shape index (κ1) is 14.6. The van der Waals surface area contributed by atoms with Gasteiger partial charge in [0, 0.05) is 17.6 Å². The largest absolute Gasteiger partial charge is 0.358 e. The molecule has 0 radical (unpaired) electrons. The Bertz CT molecular complexity index is 753. The molecule has 0 spiro atoms. The molecule has 0 fully saturated rings. The third-order valence-electron chi connectivity index (χ3n) is 3.99. The molecule has 3 rings (SSSR count). The van der Waals surface area contributed by atoms with Crippen molar-refractivity contribution in [3.8, 4) is 0 Å². The van der Waals surface area contributed by atoms with Crippen molar-refractivity contribution in [3.63, 3.8) is 0 Å². The predicted molar refractivity (Wildman–Crippen MR) is 89.7 cm³/mol. The molecule has 4 heteroatoms. The smallest absolute Gasteiger partial charge is 0.258 e. The van der Waals surface area contributed by atoms with E-state index in [1.165, 1.54) is 11.3 Å². The van der Waals surface area contributed by atoms with Crippen LogP contribution in [0, 0.1) is 0 Å². The van der Waals surface area contributed by atoms with E-state index < -0.39 is 0 Å². The van der Waals surface area contributed by atoms with Gasteiger partial charge in [-0.05, 0) is 41.7 Å². The van der Waals surface area contributed by atoms with E-state index in [1.807, 2.05) is 18.2 Å². The monoisotopic (exact) mass is 295 g/mol. The maximum absolute atomic E-state index is 12.2. The Morgan fingerprint density at radius 1 is 1.18 bits per heavy atom. The molecule has 3 heterocycles. The Morgan fingerprint density at radius 2 is 1.95 bits per heavy atom. The number of carbonyl (C=O) groups is 1. The van der Waals surface area contributed by atoms with Crippen LogP contribution in [0.5, 0.6) is 0 Å². The number of fused-ring (bicyclic) bond motifs is 1. The highest BCUT2D eigenvalue weighted by molar-refractivity contribution is 6.34. The van der Waals surface area contributed by atoms with Crippen molar-refractivity contribution in [2.45, 2.75) is 39.5 Å².